The fourth-order valence-corrected chi connectivity index (χ4v) is 3.78. The van der Waals surface area contributed by atoms with Gasteiger partial charge in [0.25, 0.3) is 0 Å². The number of aromatic nitrogens is 5. The van der Waals surface area contributed by atoms with Crippen molar-refractivity contribution in [2.24, 2.45) is 0 Å². The predicted octanol–water partition coefficient (Wildman–Crippen LogP) is 3.43. The highest BCUT2D eigenvalue weighted by Crippen LogP contribution is 2.34. The smallest absolute Gasteiger partial charge is 0.230 e. The standard InChI is InChI=1S/C16H18N6OS/c1-10-13(9-24-22-10)15-20-16(23-21-15)11-2-4-12(5-3-11)19-14-8-17-6-7-18-14/h6-9,11-12H,2-5H2,1H3,(H,18,19). The molecule has 124 valence electrons. The third-order valence-corrected chi connectivity index (χ3v) is 5.14. The second-order valence-corrected chi connectivity index (χ2v) is 6.68. The summed E-state index contributed by atoms with van der Waals surface area (Å²) in [5, 5.41) is 9.53. The average molecular weight is 342 g/mol. The Bertz CT molecular complexity index is 794. The fourth-order valence-electron chi connectivity index (χ4n) is 3.08. The molecule has 7 nitrogen and oxygen atoms in total. The molecule has 0 radical (unpaired) electrons. The second-order valence-electron chi connectivity index (χ2n) is 6.05. The molecule has 0 saturated heterocycles. The minimum absolute atomic E-state index is 0.332. The molecule has 1 aliphatic carbocycles. The van der Waals surface area contributed by atoms with Crippen LogP contribution in [-0.4, -0.2) is 30.5 Å². The van der Waals surface area contributed by atoms with Gasteiger partial charge in [0.1, 0.15) is 5.82 Å². The molecule has 0 atom stereocenters. The molecule has 3 aromatic rings. The lowest BCUT2D eigenvalue weighted by molar-refractivity contribution is 0.306. The van der Waals surface area contributed by atoms with Crippen LogP contribution in [0.5, 0.6) is 0 Å². The Balaban J connectivity index is 1.38. The minimum atomic E-state index is 0.332. The lowest BCUT2D eigenvalue weighted by Gasteiger charge is -2.27. The zero-order valence-electron chi connectivity index (χ0n) is 13.3. The summed E-state index contributed by atoms with van der Waals surface area (Å²) < 4.78 is 9.77. The lowest BCUT2D eigenvalue weighted by atomic mass is 9.86. The quantitative estimate of drug-likeness (QED) is 0.777. The third kappa shape index (κ3) is 3.14. The Morgan fingerprint density at radius 3 is 2.79 bits per heavy atom. The minimum Gasteiger partial charge on any atom is -0.366 e. The Hall–Kier alpha value is -2.35. The van der Waals surface area contributed by atoms with E-state index in [1.54, 1.807) is 18.6 Å². The van der Waals surface area contributed by atoms with Crippen LogP contribution in [0, 0.1) is 6.92 Å². The highest BCUT2D eigenvalue weighted by atomic mass is 32.1. The van der Waals surface area contributed by atoms with Crippen LogP contribution in [-0.2, 0) is 0 Å². The van der Waals surface area contributed by atoms with Gasteiger partial charge in [-0.2, -0.15) is 9.36 Å². The van der Waals surface area contributed by atoms with Gasteiger partial charge in [-0.3, -0.25) is 4.98 Å². The molecule has 4 rings (SSSR count). The molecule has 0 unspecified atom stereocenters. The van der Waals surface area contributed by atoms with Crippen molar-refractivity contribution in [3.63, 3.8) is 0 Å². The number of hydrogen-bond acceptors (Lipinski definition) is 8. The van der Waals surface area contributed by atoms with Gasteiger partial charge in [0.05, 0.1) is 17.5 Å². The van der Waals surface area contributed by atoms with Crippen molar-refractivity contribution in [1.29, 1.82) is 0 Å². The van der Waals surface area contributed by atoms with E-state index in [4.69, 9.17) is 4.52 Å². The molecule has 0 aliphatic heterocycles. The van der Waals surface area contributed by atoms with Gasteiger partial charge in [0.2, 0.25) is 11.7 Å². The van der Waals surface area contributed by atoms with E-state index in [9.17, 15) is 0 Å². The Morgan fingerprint density at radius 1 is 1.21 bits per heavy atom. The molecule has 0 amide bonds. The molecule has 0 spiro atoms. The first-order chi connectivity index (χ1) is 11.8. The molecule has 1 aliphatic rings. The number of hydrogen-bond donors (Lipinski definition) is 1. The van der Waals surface area contributed by atoms with E-state index >= 15 is 0 Å². The first-order valence-corrected chi connectivity index (χ1v) is 8.91. The topological polar surface area (TPSA) is 89.6 Å². The zero-order chi connectivity index (χ0) is 16.4. The summed E-state index contributed by atoms with van der Waals surface area (Å²) in [7, 11) is 0. The van der Waals surface area contributed by atoms with Crippen LogP contribution < -0.4 is 5.32 Å². The molecule has 8 heteroatoms. The maximum absolute atomic E-state index is 5.51. The van der Waals surface area contributed by atoms with Crippen molar-refractivity contribution in [3.05, 3.63) is 35.6 Å². The summed E-state index contributed by atoms with van der Waals surface area (Å²) in [5.74, 6) is 2.56. The summed E-state index contributed by atoms with van der Waals surface area (Å²) in [6.45, 7) is 1.96. The molecule has 24 heavy (non-hydrogen) atoms. The normalized spacial score (nSPS) is 20.9. The third-order valence-electron chi connectivity index (χ3n) is 4.42. The van der Waals surface area contributed by atoms with Gasteiger partial charge in [-0.05, 0) is 44.1 Å². The molecule has 1 saturated carbocycles. The van der Waals surface area contributed by atoms with Gasteiger partial charge in [-0.15, -0.1) is 0 Å². The number of aryl methyl sites for hydroxylation is 1. The summed E-state index contributed by atoms with van der Waals surface area (Å²) in [6, 6.07) is 0.420. The van der Waals surface area contributed by atoms with Crippen molar-refractivity contribution in [1.82, 2.24) is 24.5 Å². The van der Waals surface area contributed by atoms with E-state index < -0.39 is 0 Å². The van der Waals surface area contributed by atoms with Crippen molar-refractivity contribution in [2.75, 3.05) is 5.32 Å². The molecule has 0 bridgehead atoms. The van der Waals surface area contributed by atoms with E-state index in [2.05, 4.69) is 29.8 Å². The first-order valence-electron chi connectivity index (χ1n) is 8.07. The maximum Gasteiger partial charge on any atom is 0.230 e. The highest BCUT2D eigenvalue weighted by Gasteiger charge is 2.27. The fraction of sp³-hybridized carbons (Fsp3) is 0.438. The molecule has 3 heterocycles. The highest BCUT2D eigenvalue weighted by molar-refractivity contribution is 7.04. The van der Waals surface area contributed by atoms with Gasteiger partial charge in [0.15, 0.2) is 0 Å². The van der Waals surface area contributed by atoms with Crippen molar-refractivity contribution in [3.8, 4) is 11.4 Å². The van der Waals surface area contributed by atoms with Crippen LogP contribution in [0.25, 0.3) is 11.4 Å². The summed E-state index contributed by atoms with van der Waals surface area (Å²) in [6.07, 6.45) is 9.31. The molecular formula is C16H18N6OS. The number of nitrogens with zero attached hydrogens (tertiary/aromatic N) is 5. The summed E-state index contributed by atoms with van der Waals surface area (Å²) >= 11 is 1.42. The zero-order valence-corrected chi connectivity index (χ0v) is 14.2. The Labute approximate surface area is 143 Å². The van der Waals surface area contributed by atoms with Gasteiger partial charge >= 0.3 is 0 Å². The Kier molecular flexibility index (Phi) is 4.20. The molecule has 0 aromatic carbocycles. The number of anilines is 1. The summed E-state index contributed by atoms with van der Waals surface area (Å²) in [5.41, 5.74) is 1.91. The summed E-state index contributed by atoms with van der Waals surface area (Å²) in [4.78, 5) is 12.9. The van der Waals surface area contributed by atoms with Crippen LogP contribution in [0.1, 0.15) is 43.2 Å². The SMILES string of the molecule is Cc1nscc1-c1noc(C2CCC(Nc3cnccn3)CC2)n1. The molecule has 3 aromatic heterocycles. The van der Waals surface area contributed by atoms with Crippen molar-refractivity contribution < 1.29 is 4.52 Å². The second kappa shape index (κ2) is 6.64. The van der Waals surface area contributed by atoms with E-state index in [0.29, 0.717) is 17.8 Å². The van der Waals surface area contributed by atoms with E-state index in [-0.39, 0.29) is 0 Å². The monoisotopic (exact) mass is 342 g/mol. The van der Waals surface area contributed by atoms with Gasteiger partial charge in [-0.25, -0.2) is 4.98 Å². The van der Waals surface area contributed by atoms with E-state index in [0.717, 1.165) is 48.6 Å². The van der Waals surface area contributed by atoms with Crippen LogP contribution in [0.2, 0.25) is 0 Å². The predicted molar refractivity (Wildman–Crippen MR) is 90.8 cm³/mol. The average Bonchev–Trinajstić information content (AvgIpc) is 3.25. The number of nitrogens with one attached hydrogen (secondary N) is 1. The molecule has 1 N–H and O–H groups in total. The van der Waals surface area contributed by atoms with E-state index in [1.807, 2.05) is 12.3 Å². The maximum atomic E-state index is 5.51. The number of rotatable bonds is 4. The van der Waals surface area contributed by atoms with E-state index in [1.165, 1.54) is 11.5 Å². The molecular weight excluding hydrogens is 324 g/mol. The molecule has 1 fully saturated rings. The van der Waals surface area contributed by atoms with Gasteiger partial charge in [0, 0.05) is 29.7 Å². The van der Waals surface area contributed by atoms with Crippen LogP contribution in [0.4, 0.5) is 5.82 Å². The van der Waals surface area contributed by atoms with Crippen LogP contribution >= 0.6 is 11.5 Å². The van der Waals surface area contributed by atoms with Gasteiger partial charge < -0.3 is 9.84 Å². The lowest BCUT2D eigenvalue weighted by Crippen LogP contribution is -2.26. The van der Waals surface area contributed by atoms with Crippen molar-refractivity contribution >= 4 is 17.4 Å². The van der Waals surface area contributed by atoms with Crippen LogP contribution in [0.15, 0.2) is 28.5 Å². The first kappa shape index (κ1) is 15.2. The van der Waals surface area contributed by atoms with Crippen molar-refractivity contribution in [2.45, 2.75) is 44.6 Å². The Morgan fingerprint density at radius 2 is 2.08 bits per heavy atom. The van der Waals surface area contributed by atoms with Gasteiger partial charge in [-0.1, -0.05) is 5.16 Å². The van der Waals surface area contributed by atoms with Crippen LogP contribution in [0.3, 0.4) is 0 Å². The largest absolute Gasteiger partial charge is 0.366 e.